The molecule has 0 aromatic carbocycles. The first-order valence-electron chi connectivity index (χ1n) is 8.44. The third kappa shape index (κ3) is 4.34. The molecule has 26 heavy (non-hydrogen) atoms. The summed E-state index contributed by atoms with van der Waals surface area (Å²) in [7, 11) is -2.99. The first-order valence-corrected chi connectivity index (χ1v) is 10.3. The van der Waals surface area contributed by atoms with Gasteiger partial charge in [0, 0.05) is 37.6 Å². The summed E-state index contributed by atoms with van der Waals surface area (Å²) >= 11 is 0. The SMILES string of the molecule is CCN(c1cc(C(=O)NCc2ccncc2)ncn1)C1CCS(=O)(=O)C1. The molecule has 1 N–H and O–H groups in total. The summed E-state index contributed by atoms with van der Waals surface area (Å²) < 4.78 is 23.5. The van der Waals surface area contributed by atoms with Gasteiger partial charge in [-0.3, -0.25) is 9.78 Å². The van der Waals surface area contributed by atoms with E-state index < -0.39 is 9.84 Å². The number of nitrogens with one attached hydrogen (secondary N) is 1. The maximum Gasteiger partial charge on any atom is 0.270 e. The molecule has 0 aliphatic carbocycles. The molecule has 9 heteroatoms. The van der Waals surface area contributed by atoms with Crippen LogP contribution in [0, 0.1) is 0 Å². The second kappa shape index (κ2) is 7.77. The Morgan fingerprint density at radius 1 is 1.31 bits per heavy atom. The van der Waals surface area contributed by atoms with Crippen LogP contribution < -0.4 is 10.2 Å². The molecule has 2 aromatic rings. The molecule has 138 valence electrons. The van der Waals surface area contributed by atoms with Crippen molar-refractivity contribution < 1.29 is 13.2 Å². The van der Waals surface area contributed by atoms with E-state index in [1.54, 1.807) is 18.5 Å². The Morgan fingerprint density at radius 3 is 2.73 bits per heavy atom. The van der Waals surface area contributed by atoms with Crippen LogP contribution in [0.3, 0.4) is 0 Å². The minimum absolute atomic E-state index is 0.118. The van der Waals surface area contributed by atoms with Gasteiger partial charge in [-0.15, -0.1) is 0 Å². The van der Waals surface area contributed by atoms with Crippen molar-refractivity contribution in [3.8, 4) is 0 Å². The monoisotopic (exact) mass is 375 g/mol. The molecule has 2 aromatic heterocycles. The van der Waals surface area contributed by atoms with Crippen molar-refractivity contribution in [3.05, 3.63) is 48.2 Å². The Morgan fingerprint density at radius 2 is 2.08 bits per heavy atom. The number of hydrogen-bond donors (Lipinski definition) is 1. The Balaban J connectivity index is 1.71. The van der Waals surface area contributed by atoms with E-state index in [2.05, 4.69) is 20.3 Å². The minimum atomic E-state index is -2.99. The van der Waals surface area contributed by atoms with E-state index in [0.717, 1.165) is 5.56 Å². The van der Waals surface area contributed by atoms with E-state index in [9.17, 15) is 13.2 Å². The third-order valence-electron chi connectivity index (χ3n) is 4.37. The van der Waals surface area contributed by atoms with E-state index in [-0.39, 0.29) is 29.1 Å². The lowest BCUT2D eigenvalue weighted by Crippen LogP contribution is -2.37. The highest BCUT2D eigenvalue weighted by Crippen LogP contribution is 2.22. The van der Waals surface area contributed by atoms with Gasteiger partial charge >= 0.3 is 0 Å². The first kappa shape index (κ1) is 18.2. The van der Waals surface area contributed by atoms with Crippen molar-refractivity contribution in [2.24, 2.45) is 0 Å². The highest BCUT2D eigenvalue weighted by molar-refractivity contribution is 7.91. The molecule has 1 atom stereocenters. The maximum absolute atomic E-state index is 12.4. The summed E-state index contributed by atoms with van der Waals surface area (Å²) in [4.78, 5) is 26.5. The lowest BCUT2D eigenvalue weighted by Gasteiger charge is -2.27. The molecule has 1 aliphatic rings. The van der Waals surface area contributed by atoms with Gasteiger partial charge in [0.2, 0.25) is 0 Å². The average Bonchev–Trinajstić information content (AvgIpc) is 3.01. The lowest BCUT2D eigenvalue weighted by molar-refractivity contribution is 0.0945. The third-order valence-corrected chi connectivity index (χ3v) is 6.12. The zero-order valence-corrected chi connectivity index (χ0v) is 15.3. The summed E-state index contributed by atoms with van der Waals surface area (Å²) in [5.74, 6) is 0.576. The number of carbonyl (C=O) groups is 1. The zero-order valence-electron chi connectivity index (χ0n) is 14.5. The molecule has 1 aliphatic heterocycles. The summed E-state index contributed by atoms with van der Waals surface area (Å²) in [6.07, 6.45) is 5.24. The highest BCUT2D eigenvalue weighted by Gasteiger charge is 2.32. The number of pyridine rings is 1. The van der Waals surface area contributed by atoms with Gasteiger partial charge < -0.3 is 10.2 Å². The fourth-order valence-corrected chi connectivity index (χ4v) is 4.76. The fourth-order valence-electron chi connectivity index (χ4n) is 3.03. The van der Waals surface area contributed by atoms with Gasteiger partial charge in [0.05, 0.1) is 11.5 Å². The molecule has 0 spiro atoms. The topological polar surface area (TPSA) is 105 Å². The van der Waals surface area contributed by atoms with Crippen LogP contribution in [0.4, 0.5) is 5.82 Å². The van der Waals surface area contributed by atoms with Crippen LogP contribution in [0.1, 0.15) is 29.4 Å². The van der Waals surface area contributed by atoms with Crippen molar-refractivity contribution in [2.45, 2.75) is 25.9 Å². The van der Waals surface area contributed by atoms with Crippen LogP contribution in [0.5, 0.6) is 0 Å². The molecule has 1 saturated heterocycles. The van der Waals surface area contributed by atoms with Gasteiger partial charge in [0.15, 0.2) is 9.84 Å². The zero-order chi connectivity index (χ0) is 18.6. The Kier molecular flexibility index (Phi) is 5.46. The number of amides is 1. The normalized spacial score (nSPS) is 18.4. The van der Waals surface area contributed by atoms with Gasteiger partial charge in [-0.25, -0.2) is 18.4 Å². The number of anilines is 1. The first-order chi connectivity index (χ1) is 12.5. The summed E-state index contributed by atoms with van der Waals surface area (Å²) in [6.45, 7) is 2.92. The molecule has 1 unspecified atom stereocenters. The number of aromatic nitrogens is 3. The number of rotatable bonds is 6. The number of nitrogens with zero attached hydrogens (tertiary/aromatic N) is 4. The number of sulfone groups is 1. The summed E-state index contributed by atoms with van der Waals surface area (Å²) in [5.41, 5.74) is 1.19. The van der Waals surface area contributed by atoms with Crippen LogP contribution >= 0.6 is 0 Å². The predicted octanol–water partition coefficient (Wildman–Crippen LogP) is 0.815. The fraction of sp³-hybridized carbons (Fsp3) is 0.412. The van der Waals surface area contributed by atoms with E-state index in [4.69, 9.17) is 0 Å². The van der Waals surface area contributed by atoms with Gasteiger partial charge in [0.25, 0.3) is 5.91 Å². The molecule has 0 radical (unpaired) electrons. The van der Waals surface area contributed by atoms with Crippen molar-refractivity contribution in [1.82, 2.24) is 20.3 Å². The van der Waals surface area contributed by atoms with Crippen molar-refractivity contribution in [1.29, 1.82) is 0 Å². The number of carbonyl (C=O) groups excluding carboxylic acids is 1. The van der Waals surface area contributed by atoms with Gasteiger partial charge in [-0.05, 0) is 31.0 Å². The largest absolute Gasteiger partial charge is 0.353 e. The Hall–Kier alpha value is -2.55. The average molecular weight is 375 g/mol. The van der Waals surface area contributed by atoms with Gasteiger partial charge in [-0.1, -0.05) is 0 Å². The summed E-state index contributed by atoms with van der Waals surface area (Å²) in [6, 6.07) is 5.14. The van der Waals surface area contributed by atoms with Crippen LogP contribution in [0.2, 0.25) is 0 Å². The van der Waals surface area contributed by atoms with E-state index in [1.165, 1.54) is 6.33 Å². The molecule has 3 heterocycles. The van der Waals surface area contributed by atoms with E-state index in [1.807, 2.05) is 24.0 Å². The molecule has 1 fully saturated rings. The second-order valence-corrected chi connectivity index (χ2v) is 8.37. The standard InChI is InChI=1S/C17H21N5O3S/c1-2-22(14-5-8-26(24,25)11-14)16-9-15(20-12-21-16)17(23)19-10-13-3-6-18-7-4-13/h3-4,6-7,9,12,14H,2,5,8,10-11H2,1H3,(H,19,23). The highest BCUT2D eigenvalue weighted by atomic mass is 32.2. The quantitative estimate of drug-likeness (QED) is 0.797. The van der Waals surface area contributed by atoms with Crippen molar-refractivity contribution in [3.63, 3.8) is 0 Å². The summed E-state index contributed by atoms with van der Waals surface area (Å²) in [5, 5.41) is 2.81. The van der Waals surface area contributed by atoms with Crippen LogP contribution in [0.15, 0.2) is 36.9 Å². The van der Waals surface area contributed by atoms with Crippen LogP contribution in [-0.2, 0) is 16.4 Å². The lowest BCUT2D eigenvalue weighted by atomic mass is 10.2. The molecular formula is C17H21N5O3S. The molecule has 3 rings (SSSR count). The molecule has 1 amide bonds. The molecule has 0 saturated carbocycles. The smallest absolute Gasteiger partial charge is 0.270 e. The van der Waals surface area contributed by atoms with Gasteiger partial charge in [-0.2, -0.15) is 0 Å². The second-order valence-electron chi connectivity index (χ2n) is 6.14. The maximum atomic E-state index is 12.4. The molecular weight excluding hydrogens is 354 g/mol. The van der Waals surface area contributed by atoms with Gasteiger partial charge in [0.1, 0.15) is 17.8 Å². The molecule has 8 nitrogen and oxygen atoms in total. The van der Waals surface area contributed by atoms with E-state index in [0.29, 0.717) is 25.3 Å². The van der Waals surface area contributed by atoms with Crippen molar-refractivity contribution >= 4 is 21.6 Å². The predicted molar refractivity (Wildman–Crippen MR) is 97.5 cm³/mol. The molecule has 0 bridgehead atoms. The van der Waals surface area contributed by atoms with Crippen LogP contribution in [0.25, 0.3) is 0 Å². The van der Waals surface area contributed by atoms with Crippen LogP contribution in [-0.4, -0.2) is 53.4 Å². The van der Waals surface area contributed by atoms with Crippen molar-refractivity contribution in [2.75, 3.05) is 23.0 Å². The van der Waals surface area contributed by atoms with E-state index >= 15 is 0 Å². The minimum Gasteiger partial charge on any atom is -0.353 e. The Bertz CT molecular complexity index is 873. The Labute approximate surface area is 152 Å². The number of hydrogen-bond acceptors (Lipinski definition) is 7.